The van der Waals surface area contributed by atoms with Gasteiger partial charge in [-0.2, -0.15) is 0 Å². The predicted molar refractivity (Wildman–Crippen MR) is 134 cm³/mol. The molecule has 1 fully saturated rings. The highest BCUT2D eigenvalue weighted by Gasteiger charge is 2.38. The third-order valence-corrected chi connectivity index (χ3v) is 8.35. The smallest absolute Gasteiger partial charge is 0.255 e. The lowest BCUT2D eigenvalue weighted by Crippen LogP contribution is -2.56. The first kappa shape index (κ1) is 22.5. The quantitative estimate of drug-likeness (QED) is 0.457. The van der Waals surface area contributed by atoms with Crippen LogP contribution in [0.15, 0.2) is 90.1 Å². The predicted octanol–water partition coefficient (Wildman–Crippen LogP) is 4.40. The van der Waals surface area contributed by atoms with Crippen LogP contribution in [-0.2, 0) is 9.84 Å². The monoisotopic (exact) mass is 491 g/mol. The standard InChI is InChI=1S/C26H22ClN3O3S/c27-23-7-5-22-16-24(8-6-21(22)15-23)34(32,33)25-17-29-13-14-30(25)26(31)20-3-1-18(2-4-20)19-9-11-28-12-10-19/h1-12,15-16,25,29H,13-14,17H2. The summed E-state index contributed by atoms with van der Waals surface area (Å²) < 4.78 is 27.2. The lowest BCUT2D eigenvalue weighted by molar-refractivity contribution is 0.0704. The largest absolute Gasteiger partial charge is 0.319 e. The maximum Gasteiger partial charge on any atom is 0.255 e. The average molecular weight is 492 g/mol. The number of nitrogens with one attached hydrogen (secondary N) is 1. The zero-order chi connectivity index (χ0) is 23.7. The Morgan fingerprint density at radius 2 is 1.59 bits per heavy atom. The number of hydrogen-bond acceptors (Lipinski definition) is 5. The summed E-state index contributed by atoms with van der Waals surface area (Å²) in [5.41, 5.74) is 2.40. The number of aromatic nitrogens is 1. The Morgan fingerprint density at radius 1 is 0.912 bits per heavy atom. The molecule has 1 aromatic heterocycles. The summed E-state index contributed by atoms with van der Waals surface area (Å²) in [5.74, 6) is -0.302. The first-order valence-electron chi connectivity index (χ1n) is 10.9. The van der Waals surface area contributed by atoms with Crippen molar-refractivity contribution in [1.82, 2.24) is 15.2 Å². The van der Waals surface area contributed by atoms with Crippen LogP contribution >= 0.6 is 11.6 Å². The van der Waals surface area contributed by atoms with Gasteiger partial charge in [-0.25, -0.2) is 8.42 Å². The van der Waals surface area contributed by atoms with E-state index in [1.165, 1.54) is 4.90 Å². The molecule has 3 aromatic carbocycles. The van der Waals surface area contributed by atoms with Crippen LogP contribution < -0.4 is 5.32 Å². The number of carbonyl (C=O) groups is 1. The molecule has 1 N–H and O–H groups in total. The zero-order valence-corrected chi connectivity index (χ0v) is 19.8. The molecule has 4 aromatic rings. The molecule has 0 spiro atoms. The fraction of sp³-hybridized carbons (Fsp3) is 0.154. The molecule has 2 heterocycles. The van der Waals surface area contributed by atoms with Gasteiger partial charge in [0.15, 0.2) is 5.37 Å². The molecule has 1 aliphatic heterocycles. The number of carbonyl (C=O) groups excluding carboxylic acids is 1. The Balaban J connectivity index is 1.44. The first-order chi connectivity index (χ1) is 16.4. The van der Waals surface area contributed by atoms with E-state index in [1.54, 1.807) is 60.9 Å². The van der Waals surface area contributed by atoms with E-state index in [-0.39, 0.29) is 17.3 Å². The maximum absolute atomic E-state index is 13.6. The topological polar surface area (TPSA) is 79.4 Å². The third kappa shape index (κ3) is 4.30. The van der Waals surface area contributed by atoms with Gasteiger partial charge in [0.1, 0.15) is 0 Å². The van der Waals surface area contributed by atoms with Crippen LogP contribution in [0.1, 0.15) is 10.4 Å². The number of halogens is 1. The third-order valence-electron chi connectivity index (χ3n) is 6.06. The number of sulfone groups is 1. The summed E-state index contributed by atoms with van der Waals surface area (Å²) in [6.45, 7) is 1.00. The van der Waals surface area contributed by atoms with Crippen molar-refractivity contribution in [2.45, 2.75) is 10.3 Å². The number of hydrogen-bond donors (Lipinski definition) is 1. The second kappa shape index (κ2) is 9.18. The summed E-state index contributed by atoms with van der Waals surface area (Å²) in [7, 11) is -3.81. The van der Waals surface area contributed by atoms with Crippen molar-refractivity contribution in [3.63, 3.8) is 0 Å². The number of pyridine rings is 1. The minimum Gasteiger partial charge on any atom is -0.319 e. The van der Waals surface area contributed by atoms with E-state index in [4.69, 9.17) is 11.6 Å². The number of amides is 1. The van der Waals surface area contributed by atoms with Gasteiger partial charge < -0.3 is 10.2 Å². The molecule has 0 bridgehead atoms. The molecule has 0 radical (unpaired) electrons. The molecule has 34 heavy (non-hydrogen) atoms. The highest BCUT2D eigenvalue weighted by molar-refractivity contribution is 7.92. The van der Waals surface area contributed by atoms with Crippen molar-refractivity contribution < 1.29 is 13.2 Å². The Hall–Kier alpha value is -3.26. The van der Waals surface area contributed by atoms with E-state index in [1.807, 2.05) is 24.3 Å². The summed E-state index contributed by atoms with van der Waals surface area (Å²) in [6, 6.07) is 21.3. The van der Waals surface area contributed by atoms with Crippen LogP contribution in [0, 0.1) is 0 Å². The van der Waals surface area contributed by atoms with Gasteiger partial charge in [0.25, 0.3) is 5.91 Å². The molecular weight excluding hydrogens is 470 g/mol. The number of rotatable bonds is 4. The summed E-state index contributed by atoms with van der Waals surface area (Å²) in [4.78, 5) is 19.1. The van der Waals surface area contributed by atoms with Crippen molar-refractivity contribution in [2.24, 2.45) is 0 Å². The normalized spacial score (nSPS) is 16.5. The van der Waals surface area contributed by atoms with Crippen LogP contribution in [-0.4, -0.2) is 49.2 Å². The van der Waals surface area contributed by atoms with Gasteiger partial charge in [0.05, 0.1) is 4.90 Å². The van der Waals surface area contributed by atoms with Gasteiger partial charge in [0.2, 0.25) is 9.84 Å². The Labute approximate surface area is 203 Å². The van der Waals surface area contributed by atoms with Crippen molar-refractivity contribution in [3.8, 4) is 11.1 Å². The molecule has 0 aliphatic carbocycles. The van der Waals surface area contributed by atoms with E-state index in [2.05, 4.69) is 10.3 Å². The molecular formula is C26H22ClN3O3S. The molecule has 1 atom stereocenters. The molecule has 5 rings (SSSR count). The number of fused-ring (bicyclic) bond motifs is 1. The molecule has 0 saturated carbocycles. The van der Waals surface area contributed by atoms with Crippen LogP contribution in [0.2, 0.25) is 5.02 Å². The van der Waals surface area contributed by atoms with E-state index in [9.17, 15) is 13.2 Å². The van der Waals surface area contributed by atoms with Gasteiger partial charge in [-0.3, -0.25) is 9.78 Å². The fourth-order valence-corrected chi connectivity index (χ4v) is 6.15. The molecule has 1 saturated heterocycles. The average Bonchev–Trinajstić information content (AvgIpc) is 2.88. The minimum absolute atomic E-state index is 0.168. The zero-order valence-electron chi connectivity index (χ0n) is 18.2. The number of nitrogens with zero attached hydrogens (tertiary/aromatic N) is 2. The van der Waals surface area contributed by atoms with E-state index in [0.29, 0.717) is 23.7 Å². The SMILES string of the molecule is O=C(c1ccc(-c2ccncc2)cc1)N1CCNCC1S(=O)(=O)c1ccc2cc(Cl)ccc2c1. The van der Waals surface area contributed by atoms with Gasteiger partial charge in [-0.05, 0) is 70.4 Å². The molecule has 6 nitrogen and oxygen atoms in total. The van der Waals surface area contributed by atoms with Crippen LogP contribution in [0.4, 0.5) is 0 Å². The van der Waals surface area contributed by atoms with Crippen LogP contribution in [0.3, 0.4) is 0 Å². The van der Waals surface area contributed by atoms with Gasteiger partial charge in [-0.1, -0.05) is 35.9 Å². The molecule has 1 amide bonds. The van der Waals surface area contributed by atoms with Crippen molar-refractivity contribution in [2.75, 3.05) is 19.6 Å². The molecule has 1 aliphatic rings. The van der Waals surface area contributed by atoms with E-state index < -0.39 is 15.2 Å². The van der Waals surface area contributed by atoms with Gasteiger partial charge in [0, 0.05) is 42.6 Å². The van der Waals surface area contributed by atoms with Crippen LogP contribution in [0.25, 0.3) is 21.9 Å². The van der Waals surface area contributed by atoms with E-state index in [0.717, 1.165) is 21.9 Å². The second-order valence-corrected chi connectivity index (χ2v) is 10.7. The van der Waals surface area contributed by atoms with E-state index >= 15 is 0 Å². The second-order valence-electron chi connectivity index (χ2n) is 8.17. The highest BCUT2D eigenvalue weighted by atomic mass is 35.5. The number of benzene rings is 3. The van der Waals surface area contributed by atoms with Crippen molar-refractivity contribution >= 4 is 38.1 Å². The fourth-order valence-electron chi connectivity index (χ4n) is 4.23. The van der Waals surface area contributed by atoms with Crippen molar-refractivity contribution in [1.29, 1.82) is 0 Å². The minimum atomic E-state index is -3.81. The Morgan fingerprint density at radius 3 is 2.35 bits per heavy atom. The Bertz CT molecular complexity index is 1460. The lowest BCUT2D eigenvalue weighted by atomic mass is 10.0. The highest BCUT2D eigenvalue weighted by Crippen LogP contribution is 2.27. The first-order valence-corrected chi connectivity index (χ1v) is 12.8. The molecule has 8 heteroatoms. The lowest BCUT2D eigenvalue weighted by Gasteiger charge is -2.35. The van der Waals surface area contributed by atoms with Gasteiger partial charge in [-0.15, -0.1) is 0 Å². The maximum atomic E-state index is 13.6. The van der Waals surface area contributed by atoms with Crippen molar-refractivity contribution in [3.05, 3.63) is 95.8 Å². The number of piperazine rings is 1. The Kier molecular flexibility index (Phi) is 6.08. The summed E-state index contributed by atoms with van der Waals surface area (Å²) in [6.07, 6.45) is 3.43. The molecule has 172 valence electrons. The van der Waals surface area contributed by atoms with Crippen LogP contribution in [0.5, 0.6) is 0 Å². The molecule has 1 unspecified atom stereocenters. The summed E-state index contributed by atoms with van der Waals surface area (Å²) in [5, 5.41) is 4.35. The summed E-state index contributed by atoms with van der Waals surface area (Å²) >= 11 is 6.05. The van der Waals surface area contributed by atoms with Gasteiger partial charge >= 0.3 is 0 Å².